The molecule has 0 saturated carbocycles. The zero-order valence-electron chi connectivity index (χ0n) is 11.5. The molecule has 0 bridgehead atoms. The van der Waals surface area contributed by atoms with Gasteiger partial charge in [-0.25, -0.2) is 9.67 Å². The minimum atomic E-state index is -4.79. The maximum Gasteiger partial charge on any atom is 0.416 e. The number of alkyl halides is 3. The number of aromatic nitrogens is 3. The van der Waals surface area contributed by atoms with Crippen LogP contribution >= 0.6 is 0 Å². The Morgan fingerprint density at radius 1 is 1.36 bits per heavy atom. The van der Waals surface area contributed by atoms with Crippen LogP contribution in [-0.4, -0.2) is 56.6 Å². The maximum absolute atomic E-state index is 12.3. The van der Waals surface area contributed by atoms with Crippen molar-refractivity contribution in [3.05, 3.63) is 42.5 Å². The zero-order valence-corrected chi connectivity index (χ0v) is 11.5. The van der Waals surface area contributed by atoms with Crippen molar-refractivity contribution in [2.24, 2.45) is 0 Å². The largest absolute Gasteiger partial charge is 0.416 e. The first-order valence-corrected chi connectivity index (χ1v) is 6.26. The molecule has 1 aromatic heterocycles. The summed E-state index contributed by atoms with van der Waals surface area (Å²) in [5, 5.41) is 12.9. The number of aliphatic hydroxyl groups excluding tert-OH is 1. The van der Waals surface area contributed by atoms with E-state index in [2.05, 4.69) is 10.1 Å². The van der Waals surface area contributed by atoms with Crippen LogP contribution in [0.2, 0.25) is 0 Å². The van der Waals surface area contributed by atoms with E-state index in [1.54, 1.807) is 30.3 Å². The standard InChI is InChI=1S/C13H13F3N4O2/c1-19(7-10(21)13(14,15)16)12(22)11-17-8-20(18-11)9-5-3-2-4-6-9/h2-6,8,10,21H,7H2,1H3. The molecule has 0 fully saturated rings. The van der Waals surface area contributed by atoms with E-state index in [0.29, 0.717) is 5.69 Å². The number of hydrogen-bond donors (Lipinski definition) is 1. The van der Waals surface area contributed by atoms with Gasteiger partial charge in [-0.15, -0.1) is 5.10 Å². The van der Waals surface area contributed by atoms with Gasteiger partial charge < -0.3 is 10.0 Å². The summed E-state index contributed by atoms with van der Waals surface area (Å²) in [7, 11) is 1.14. The molecule has 0 spiro atoms. The Hall–Kier alpha value is -2.42. The number of nitrogens with zero attached hydrogens (tertiary/aromatic N) is 4. The highest BCUT2D eigenvalue weighted by Crippen LogP contribution is 2.20. The summed E-state index contributed by atoms with van der Waals surface area (Å²) in [5.41, 5.74) is 0.659. The number of halogens is 3. The molecule has 22 heavy (non-hydrogen) atoms. The van der Waals surface area contributed by atoms with E-state index in [-0.39, 0.29) is 5.82 Å². The molecule has 1 amide bonds. The molecule has 0 saturated heterocycles. The number of carbonyl (C=O) groups is 1. The quantitative estimate of drug-likeness (QED) is 0.922. The van der Waals surface area contributed by atoms with Crippen molar-refractivity contribution in [2.45, 2.75) is 12.3 Å². The second kappa shape index (κ2) is 6.14. The average Bonchev–Trinajstić information content (AvgIpc) is 2.96. The van der Waals surface area contributed by atoms with Crippen LogP contribution in [-0.2, 0) is 0 Å². The van der Waals surface area contributed by atoms with Gasteiger partial charge in [0.05, 0.1) is 12.2 Å². The highest BCUT2D eigenvalue weighted by molar-refractivity contribution is 5.90. The van der Waals surface area contributed by atoms with Crippen molar-refractivity contribution in [3.8, 4) is 5.69 Å². The smallest absolute Gasteiger partial charge is 0.382 e. The van der Waals surface area contributed by atoms with Crippen molar-refractivity contribution in [1.29, 1.82) is 0 Å². The summed E-state index contributed by atoms with van der Waals surface area (Å²) < 4.78 is 38.2. The number of hydrogen-bond acceptors (Lipinski definition) is 4. The van der Waals surface area contributed by atoms with E-state index < -0.39 is 24.7 Å². The first-order valence-electron chi connectivity index (χ1n) is 6.26. The van der Waals surface area contributed by atoms with E-state index >= 15 is 0 Å². The Morgan fingerprint density at radius 2 is 2.00 bits per heavy atom. The fourth-order valence-corrected chi connectivity index (χ4v) is 1.68. The first-order chi connectivity index (χ1) is 10.3. The summed E-state index contributed by atoms with van der Waals surface area (Å²) in [6.45, 7) is -0.887. The third-order valence-corrected chi connectivity index (χ3v) is 2.88. The SMILES string of the molecule is CN(CC(O)C(F)(F)F)C(=O)c1ncn(-c2ccccc2)n1. The molecule has 118 valence electrons. The minimum Gasteiger partial charge on any atom is -0.382 e. The number of benzene rings is 1. The van der Waals surface area contributed by atoms with Crippen LogP contribution in [0.1, 0.15) is 10.6 Å². The lowest BCUT2D eigenvalue weighted by Crippen LogP contribution is -2.42. The van der Waals surface area contributed by atoms with E-state index in [9.17, 15) is 18.0 Å². The monoisotopic (exact) mass is 314 g/mol. The average molecular weight is 314 g/mol. The van der Waals surface area contributed by atoms with Crippen molar-refractivity contribution in [2.75, 3.05) is 13.6 Å². The van der Waals surface area contributed by atoms with Crippen molar-refractivity contribution in [3.63, 3.8) is 0 Å². The molecule has 1 unspecified atom stereocenters. The second-order valence-electron chi connectivity index (χ2n) is 4.59. The van der Waals surface area contributed by atoms with Gasteiger partial charge in [0, 0.05) is 7.05 Å². The number of likely N-dealkylation sites (N-methyl/N-ethyl adjacent to an activating group) is 1. The number of amides is 1. The first kappa shape index (κ1) is 16.0. The van der Waals surface area contributed by atoms with E-state index in [1.807, 2.05) is 0 Å². The number of rotatable bonds is 4. The molecule has 9 heteroatoms. The van der Waals surface area contributed by atoms with Gasteiger partial charge in [0.1, 0.15) is 6.33 Å². The fourth-order valence-electron chi connectivity index (χ4n) is 1.68. The summed E-state index contributed by atoms with van der Waals surface area (Å²) in [4.78, 5) is 16.5. The molecule has 0 radical (unpaired) electrons. The number of para-hydroxylation sites is 1. The van der Waals surface area contributed by atoms with Crippen LogP contribution < -0.4 is 0 Å². The molecule has 1 atom stereocenters. The topological polar surface area (TPSA) is 71.2 Å². The van der Waals surface area contributed by atoms with Gasteiger partial charge in [0.15, 0.2) is 6.10 Å². The molecule has 0 aliphatic heterocycles. The van der Waals surface area contributed by atoms with Gasteiger partial charge in [-0.3, -0.25) is 4.79 Å². The Morgan fingerprint density at radius 3 is 2.59 bits per heavy atom. The molecule has 2 rings (SSSR count). The van der Waals surface area contributed by atoms with Crippen LogP contribution in [0.5, 0.6) is 0 Å². The van der Waals surface area contributed by atoms with E-state index in [1.165, 1.54) is 11.0 Å². The van der Waals surface area contributed by atoms with Crippen LogP contribution in [0.4, 0.5) is 13.2 Å². The van der Waals surface area contributed by atoms with Crippen LogP contribution in [0.15, 0.2) is 36.7 Å². The summed E-state index contributed by atoms with van der Waals surface area (Å²) in [6, 6.07) is 8.81. The lowest BCUT2D eigenvalue weighted by atomic mass is 10.3. The number of aliphatic hydroxyl groups is 1. The predicted molar refractivity (Wildman–Crippen MR) is 70.4 cm³/mol. The zero-order chi connectivity index (χ0) is 16.3. The Balaban J connectivity index is 2.09. The molecule has 2 aromatic rings. The molecular weight excluding hydrogens is 301 g/mol. The van der Waals surface area contributed by atoms with Gasteiger partial charge in [-0.05, 0) is 12.1 Å². The van der Waals surface area contributed by atoms with Crippen molar-refractivity contribution in [1.82, 2.24) is 19.7 Å². The molecule has 6 nitrogen and oxygen atoms in total. The van der Waals surface area contributed by atoms with Crippen LogP contribution in [0.25, 0.3) is 5.69 Å². The molecule has 1 heterocycles. The van der Waals surface area contributed by atoms with Gasteiger partial charge in [-0.2, -0.15) is 13.2 Å². The lowest BCUT2D eigenvalue weighted by molar-refractivity contribution is -0.205. The van der Waals surface area contributed by atoms with Gasteiger partial charge in [-0.1, -0.05) is 18.2 Å². The van der Waals surface area contributed by atoms with Crippen molar-refractivity contribution >= 4 is 5.91 Å². The summed E-state index contributed by atoms with van der Waals surface area (Å²) in [6.07, 6.45) is -6.11. The maximum atomic E-state index is 12.3. The Labute approximate surface area is 123 Å². The summed E-state index contributed by atoms with van der Waals surface area (Å²) >= 11 is 0. The normalized spacial score (nSPS) is 13.0. The van der Waals surface area contributed by atoms with Gasteiger partial charge in [0.2, 0.25) is 5.82 Å². The van der Waals surface area contributed by atoms with Crippen molar-refractivity contribution < 1.29 is 23.1 Å². The van der Waals surface area contributed by atoms with Gasteiger partial charge in [0.25, 0.3) is 5.91 Å². The number of carbonyl (C=O) groups excluding carboxylic acids is 1. The highest BCUT2D eigenvalue weighted by atomic mass is 19.4. The second-order valence-corrected chi connectivity index (χ2v) is 4.59. The highest BCUT2D eigenvalue weighted by Gasteiger charge is 2.39. The molecular formula is C13H13F3N4O2. The Bertz CT molecular complexity index is 642. The third-order valence-electron chi connectivity index (χ3n) is 2.88. The molecule has 1 aromatic carbocycles. The van der Waals surface area contributed by atoms with E-state index in [0.717, 1.165) is 11.9 Å². The summed E-state index contributed by atoms with van der Waals surface area (Å²) in [5.74, 6) is -1.06. The molecule has 0 aliphatic rings. The Kier molecular flexibility index (Phi) is 4.45. The third kappa shape index (κ3) is 3.61. The van der Waals surface area contributed by atoms with Crippen LogP contribution in [0, 0.1) is 0 Å². The molecule has 0 aliphatic carbocycles. The lowest BCUT2D eigenvalue weighted by Gasteiger charge is -2.21. The van der Waals surface area contributed by atoms with Crippen LogP contribution in [0.3, 0.4) is 0 Å². The van der Waals surface area contributed by atoms with E-state index in [4.69, 9.17) is 5.11 Å². The molecule has 1 N–H and O–H groups in total. The fraction of sp³-hybridized carbons (Fsp3) is 0.308. The minimum absolute atomic E-state index is 0.249. The predicted octanol–water partition coefficient (Wildman–Crippen LogP) is 1.26. The van der Waals surface area contributed by atoms with Gasteiger partial charge >= 0.3 is 6.18 Å².